The first-order chi connectivity index (χ1) is 12.0. The summed E-state index contributed by atoms with van der Waals surface area (Å²) in [6.45, 7) is 3.67. The Morgan fingerprint density at radius 3 is 2.76 bits per heavy atom. The molecule has 7 heteroatoms. The van der Waals surface area contributed by atoms with Gasteiger partial charge >= 0.3 is 5.97 Å². The number of nitrogen functional groups attached to an aromatic ring is 1. The van der Waals surface area contributed by atoms with Crippen LogP contribution in [0.15, 0.2) is 41.1 Å². The van der Waals surface area contributed by atoms with E-state index in [1.807, 2.05) is 0 Å². The highest BCUT2D eigenvalue weighted by Crippen LogP contribution is 2.27. The number of pyridine rings is 1. The van der Waals surface area contributed by atoms with Crippen LogP contribution in [-0.4, -0.2) is 23.5 Å². The molecule has 3 N–H and O–H groups in total. The number of esters is 1. The molecule has 0 atom stereocenters. The van der Waals surface area contributed by atoms with Gasteiger partial charge in [-0.25, -0.2) is 4.79 Å². The Morgan fingerprint density at radius 1 is 1.28 bits per heavy atom. The quantitative estimate of drug-likeness (QED) is 0.707. The van der Waals surface area contributed by atoms with E-state index in [1.165, 1.54) is 12.5 Å². The number of carbonyl (C=O) groups is 2. The summed E-state index contributed by atoms with van der Waals surface area (Å²) in [5.41, 5.74) is 8.16. The Balaban J connectivity index is 1.95. The van der Waals surface area contributed by atoms with Gasteiger partial charge < -0.3 is 20.2 Å². The summed E-state index contributed by atoms with van der Waals surface area (Å²) < 4.78 is 10.1. The van der Waals surface area contributed by atoms with Gasteiger partial charge in [0.2, 0.25) is 0 Å². The van der Waals surface area contributed by atoms with Gasteiger partial charge in [-0.05, 0) is 38.1 Å². The molecule has 7 nitrogen and oxygen atoms in total. The lowest BCUT2D eigenvalue weighted by molar-refractivity contribution is 0.0527. The normalized spacial score (nSPS) is 10.6. The molecular formula is C18H17N3O4. The fourth-order valence-corrected chi connectivity index (χ4v) is 2.48. The largest absolute Gasteiger partial charge is 0.469 e. The highest BCUT2D eigenvalue weighted by Gasteiger charge is 2.16. The van der Waals surface area contributed by atoms with E-state index in [-0.39, 0.29) is 23.8 Å². The van der Waals surface area contributed by atoms with Crippen LogP contribution in [0.5, 0.6) is 0 Å². The van der Waals surface area contributed by atoms with Crippen molar-refractivity contribution >= 4 is 34.2 Å². The molecule has 0 unspecified atom stereocenters. The van der Waals surface area contributed by atoms with Crippen molar-refractivity contribution in [1.82, 2.24) is 4.98 Å². The fourth-order valence-electron chi connectivity index (χ4n) is 2.48. The number of rotatable bonds is 4. The first-order valence-corrected chi connectivity index (χ1v) is 7.72. The molecule has 0 aliphatic rings. The molecule has 0 radical (unpaired) electrons. The van der Waals surface area contributed by atoms with E-state index in [0.29, 0.717) is 27.9 Å². The molecule has 128 valence electrons. The zero-order valence-electron chi connectivity index (χ0n) is 13.8. The minimum atomic E-state index is -0.530. The van der Waals surface area contributed by atoms with E-state index in [1.54, 1.807) is 38.1 Å². The summed E-state index contributed by atoms with van der Waals surface area (Å²) in [6, 6.07) is 6.71. The Morgan fingerprint density at radius 2 is 2.08 bits per heavy atom. The van der Waals surface area contributed by atoms with Crippen molar-refractivity contribution in [2.24, 2.45) is 0 Å². The van der Waals surface area contributed by atoms with Gasteiger partial charge in [-0.2, -0.15) is 0 Å². The minimum Gasteiger partial charge on any atom is -0.469 e. The van der Waals surface area contributed by atoms with E-state index in [0.717, 1.165) is 0 Å². The van der Waals surface area contributed by atoms with E-state index >= 15 is 0 Å². The van der Waals surface area contributed by atoms with E-state index < -0.39 is 5.97 Å². The molecule has 0 bridgehead atoms. The highest BCUT2D eigenvalue weighted by atomic mass is 16.5. The monoisotopic (exact) mass is 339 g/mol. The van der Waals surface area contributed by atoms with E-state index in [2.05, 4.69) is 10.3 Å². The van der Waals surface area contributed by atoms with Crippen molar-refractivity contribution in [1.29, 1.82) is 0 Å². The number of furan rings is 1. The third-order valence-electron chi connectivity index (χ3n) is 3.77. The molecule has 1 amide bonds. The van der Waals surface area contributed by atoms with Crippen LogP contribution in [0.4, 0.5) is 11.4 Å². The Hall–Kier alpha value is -3.35. The van der Waals surface area contributed by atoms with Crippen molar-refractivity contribution in [3.8, 4) is 0 Å². The number of ether oxygens (including phenoxy) is 1. The van der Waals surface area contributed by atoms with Gasteiger partial charge in [0.05, 0.1) is 29.6 Å². The van der Waals surface area contributed by atoms with E-state index in [4.69, 9.17) is 14.9 Å². The standard InChI is InChI=1S/C18H17N3O4/c1-3-24-18(23)14-9-20-15-5-4-11(8-13(15)16(14)19)21-17(22)12-6-7-25-10(12)2/h4-9H,3H2,1-2H3,(H2,19,20)(H,21,22). The lowest BCUT2D eigenvalue weighted by atomic mass is 10.1. The number of carbonyl (C=O) groups excluding carboxylic acids is 2. The van der Waals surface area contributed by atoms with Crippen molar-refractivity contribution in [3.63, 3.8) is 0 Å². The van der Waals surface area contributed by atoms with Crippen LogP contribution in [0, 0.1) is 6.92 Å². The maximum absolute atomic E-state index is 12.3. The van der Waals surface area contributed by atoms with Gasteiger partial charge in [-0.3, -0.25) is 9.78 Å². The number of nitrogens with one attached hydrogen (secondary N) is 1. The molecule has 0 fully saturated rings. The van der Waals surface area contributed by atoms with Gasteiger partial charge in [0.15, 0.2) is 0 Å². The summed E-state index contributed by atoms with van der Waals surface area (Å²) >= 11 is 0. The highest BCUT2D eigenvalue weighted by molar-refractivity contribution is 6.08. The summed E-state index contributed by atoms with van der Waals surface area (Å²) in [5, 5.41) is 3.34. The van der Waals surface area contributed by atoms with Crippen LogP contribution in [0.1, 0.15) is 33.4 Å². The van der Waals surface area contributed by atoms with E-state index in [9.17, 15) is 9.59 Å². The molecule has 2 aromatic heterocycles. The van der Waals surface area contributed by atoms with Crippen LogP contribution >= 0.6 is 0 Å². The predicted molar refractivity (Wildman–Crippen MR) is 93.5 cm³/mol. The number of fused-ring (bicyclic) bond motifs is 1. The number of nitrogens with two attached hydrogens (primary N) is 1. The van der Waals surface area contributed by atoms with Crippen LogP contribution in [-0.2, 0) is 4.74 Å². The smallest absolute Gasteiger partial charge is 0.341 e. The van der Waals surface area contributed by atoms with Crippen molar-refractivity contribution in [2.45, 2.75) is 13.8 Å². The molecule has 0 saturated carbocycles. The van der Waals surface area contributed by atoms with Crippen LogP contribution in [0.3, 0.4) is 0 Å². The Bertz CT molecular complexity index is 962. The zero-order valence-corrected chi connectivity index (χ0v) is 13.8. The Kier molecular flexibility index (Phi) is 4.38. The lowest BCUT2D eigenvalue weighted by Gasteiger charge is -2.10. The Labute approximate surface area is 143 Å². The van der Waals surface area contributed by atoms with Crippen molar-refractivity contribution in [2.75, 3.05) is 17.7 Å². The minimum absolute atomic E-state index is 0.198. The molecule has 1 aromatic carbocycles. The molecule has 0 saturated heterocycles. The zero-order chi connectivity index (χ0) is 18.0. The second kappa shape index (κ2) is 6.64. The van der Waals surface area contributed by atoms with Gasteiger partial charge in [0.1, 0.15) is 11.3 Å². The molecule has 25 heavy (non-hydrogen) atoms. The van der Waals surface area contributed by atoms with Crippen molar-refractivity contribution < 1.29 is 18.7 Å². The van der Waals surface area contributed by atoms with Gasteiger partial charge in [-0.15, -0.1) is 0 Å². The van der Waals surface area contributed by atoms with Gasteiger partial charge in [-0.1, -0.05) is 0 Å². The van der Waals surface area contributed by atoms with Crippen molar-refractivity contribution in [3.05, 3.63) is 53.6 Å². The summed E-state index contributed by atoms with van der Waals surface area (Å²) in [6.07, 6.45) is 2.85. The first kappa shape index (κ1) is 16.5. The van der Waals surface area contributed by atoms with Crippen LogP contribution in [0.25, 0.3) is 10.9 Å². The second-order valence-corrected chi connectivity index (χ2v) is 5.38. The second-order valence-electron chi connectivity index (χ2n) is 5.38. The maximum Gasteiger partial charge on any atom is 0.341 e. The summed E-state index contributed by atoms with van der Waals surface area (Å²) in [5.74, 6) is -0.291. The molecular weight excluding hydrogens is 322 g/mol. The summed E-state index contributed by atoms with van der Waals surface area (Å²) in [4.78, 5) is 28.4. The maximum atomic E-state index is 12.3. The number of hydrogen-bond acceptors (Lipinski definition) is 6. The lowest BCUT2D eigenvalue weighted by Crippen LogP contribution is -2.12. The first-order valence-electron chi connectivity index (χ1n) is 7.72. The van der Waals surface area contributed by atoms with Gasteiger partial charge in [0, 0.05) is 17.3 Å². The number of hydrogen-bond donors (Lipinski definition) is 2. The molecule has 0 spiro atoms. The molecule has 3 rings (SSSR count). The number of aryl methyl sites for hydroxylation is 1. The average Bonchev–Trinajstić information content (AvgIpc) is 3.02. The number of amides is 1. The summed E-state index contributed by atoms with van der Waals surface area (Å²) in [7, 11) is 0. The third-order valence-corrected chi connectivity index (χ3v) is 3.77. The van der Waals surface area contributed by atoms with Crippen LogP contribution in [0.2, 0.25) is 0 Å². The third kappa shape index (κ3) is 3.16. The number of aromatic nitrogens is 1. The molecule has 2 heterocycles. The number of nitrogens with zero attached hydrogens (tertiary/aromatic N) is 1. The predicted octanol–water partition coefficient (Wildman–Crippen LogP) is 3.15. The SMILES string of the molecule is CCOC(=O)c1cnc2ccc(NC(=O)c3ccoc3C)cc2c1N. The number of anilines is 2. The van der Waals surface area contributed by atoms with Gasteiger partial charge in [0.25, 0.3) is 5.91 Å². The fraction of sp³-hybridized carbons (Fsp3) is 0.167. The number of benzene rings is 1. The average molecular weight is 339 g/mol. The molecule has 0 aliphatic heterocycles. The molecule has 3 aromatic rings. The topological polar surface area (TPSA) is 107 Å². The van der Waals surface area contributed by atoms with Crippen LogP contribution < -0.4 is 11.1 Å². The molecule has 0 aliphatic carbocycles.